The maximum Gasteiger partial charge on any atom is 0.159 e. The van der Waals surface area contributed by atoms with Gasteiger partial charge in [-0.2, -0.15) is 0 Å². The SMILES string of the molecule is CCCCC[C@H](F)CCOc1ccc(-c2ncc(CCCCCCCC3CCCC3)cn2)cc1. The number of benzene rings is 1. The van der Waals surface area contributed by atoms with Crippen LogP contribution in [0, 0.1) is 5.92 Å². The molecule has 1 aromatic heterocycles. The van der Waals surface area contributed by atoms with E-state index >= 15 is 0 Å². The molecular formula is C30H45FN2O. The predicted molar refractivity (Wildman–Crippen MR) is 140 cm³/mol. The summed E-state index contributed by atoms with van der Waals surface area (Å²) < 4.78 is 19.6. The maximum absolute atomic E-state index is 13.9. The van der Waals surface area contributed by atoms with Gasteiger partial charge in [0, 0.05) is 24.4 Å². The van der Waals surface area contributed by atoms with Crippen molar-refractivity contribution in [2.24, 2.45) is 5.92 Å². The quantitative estimate of drug-likeness (QED) is 0.217. The van der Waals surface area contributed by atoms with Crippen molar-refractivity contribution in [2.45, 2.75) is 116 Å². The van der Waals surface area contributed by atoms with Gasteiger partial charge in [0.25, 0.3) is 0 Å². The highest BCUT2D eigenvalue weighted by Crippen LogP contribution is 2.29. The Balaban J connectivity index is 1.29. The summed E-state index contributed by atoms with van der Waals surface area (Å²) in [6.45, 7) is 2.55. The van der Waals surface area contributed by atoms with Gasteiger partial charge in [0.2, 0.25) is 0 Å². The van der Waals surface area contributed by atoms with E-state index in [1.54, 1.807) is 0 Å². The molecular weight excluding hydrogens is 423 g/mol. The fraction of sp³-hybridized carbons (Fsp3) is 0.667. The first-order valence-corrected chi connectivity index (χ1v) is 13.9. The molecule has 0 saturated heterocycles. The number of halogens is 1. The molecule has 1 aliphatic rings. The zero-order valence-electron chi connectivity index (χ0n) is 21.3. The number of hydrogen-bond acceptors (Lipinski definition) is 3. The molecule has 3 nitrogen and oxygen atoms in total. The van der Waals surface area contributed by atoms with Crippen LogP contribution in [-0.2, 0) is 6.42 Å². The Morgan fingerprint density at radius 2 is 1.59 bits per heavy atom. The summed E-state index contributed by atoms with van der Waals surface area (Å²) in [5.41, 5.74) is 2.19. The van der Waals surface area contributed by atoms with Crippen LogP contribution in [0.2, 0.25) is 0 Å². The molecule has 0 bridgehead atoms. The first-order valence-electron chi connectivity index (χ1n) is 13.9. The van der Waals surface area contributed by atoms with Crippen molar-refractivity contribution in [3.8, 4) is 17.1 Å². The monoisotopic (exact) mass is 468 g/mol. The number of unbranched alkanes of at least 4 members (excludes halogenated alkanes) is 6. The van der Waals surface area contributed by atoms with E-state index in [-0.39, 0.29) is 0 Å². The van der Waals surface area contributed by atoms with Crippen LogP contribution >= 0.6 is 0 Å². The van der Waals surface area contributed by atoms with Crippen LogP contribution < -0.4 is 4.74 Å². The lowest BCUT2D eigenvalue weighted by Crippen LogP contribution is -2.07. The summed E-state index contributed by atoms with van der Waals surface area (Å²) >= 11 is 0. The summed E-state index contributed by atoms with van der Waals surface area (Å²) in [6.07, 6.45) is 22.5. The molecule has 34 heavy (non-hydrogen) atoms. The Hall–Kier alpha value is -1.97. The molecule has 0 spiro atoms. The summed E-state index contributed by atoms with van der Waals surface area (Å²) in [5, 5.41) is 0. The number of hydrogen-bond donors (Lipinski definition) is 0. The Kier molecular flexibility index (Phi) is 12.4. The van der Waals surface area contributed by atoms with Crippen LogP contribution in [0.1, 0.15) is 109 Å². The number of alkyl halides is 1. The maximum atomic E-state index is 13.9. The van der Waals surface area contributed by atoms with E-state index < -0.39 is 6.17 Å². The Labute approximate surface area is 206 Å². The summed E-state index contributed by atoms with van der Waals surface area (Å²) in [7, 11) is 0. The van der Waals surface area contributed by atoms with Crippen LogP contribution in [0.3, 0.4) is 0 Å². The summed E-state index contributed by atoms with van der Waals surface area (Å²) in [6, 6.07) is 7.79. The Morgan fingerprint density at radius 3 is 2.32 bits per heavy atom. The molecule has 0 amide bonds. The van der Waals surface area contributed by atoms with Crippen molar-refractivity contribution in [1.82, 2.24) is 9.97 Å². The third kappa shape index (κ3) is 10.1. The van der Waals surface area contributed by atoms with E-state index in [1.807, 2.05) is 36.7 Å². The molecule has 1 saturated carbocycles. The lowest BCUT2D eigenvalue weighted by atomic mass is 9.99. The smallest absolute Gasteiger partial charge is 0.159 e. The minimum Gasteiger partial charge on any atom is -0.493 e. The highest BCUT2D eigenvalue weighted by atomic mass is 19.1. The number of ether oxygens (including phenoxy) is 1. The normalized spacial score (nSPS) is 15.0. The first-order chi connectivity index (χ1) is 16.7. The average Bonchev–Trinajstić information content (AvgIpc) is 3.38. The fourth-order valence-corrected chi connectivity index (χ4v) is 4.99. The second-order valence-electron chi connectivity index (χ2n) is 10.1. The molecule has 0 aliphatic heterocycles. The average molecular weight is 469 g/mol. The van der Waals surface area contributed by atoms with E-state index in [2.05, 4.69) is 16.9 Å². The van der Waals surface area contributed by atoms with E-state index in [0.717, 1.165) is 48.7 Å². The number of aryl methyl sites for hydroxylation is 1. The topological polar surface area (TPSA) is 35.0 Å². The molecule has 1 atom stereocenters. The Morgan fingerprint density at radius 1 is 0.882 bits per heavy atom. The van der Waals surface area contributed by atoms with E-state index in [4.69, 9.17) is 4.74 Å². The molecule has 0 radical (unpaired) electrons. The van der Waals surface area contributed by atoms with Gasteiger partial charge in [-0.15, -0.1) is 0 Å². The molecule has 0 unspecified atom stereocenters. The minimum atomic E-state index is -0.765. The molecule has 1 heterocycles. The third-order valence-corrected chi connectivity index (χ3v) is 7.19. The standard InChI is InChI=1S/C30H45FN2O/c1-2-3-7-16-28(31)21-22-34-29-19-17-27(18-20-29)30-32-23-26(24-33-30)15-9-6-4-5-8-12-25-13-10-11-14-25/h17-20,23-25,28H,2-16,21-22H2,1H3/t28-/m0/s1. The van der Waals surface area contributed by atoms with Gasteiger partial charge in [0.15, 0.2) is 5.82 Å². The fourth-order valence-electron chi connectivity index (χ4n) is 4.99. The second kappa shape index (κ2) is 15.8. The summed E-state index contributed by atoms with van der Waals surface area (Å²) in [5.74, 6) is 2.54. The first kappa shape index (κ1) is 26.6. The molecule has 4 heteroatoms. The van der Waals surface area contributed by atoms with Gasteiger partial charge in [-0.05, 0) is 55.0 Å². The molecule has 1 fully saturated rings. The van der Waals surface area contributed by atoms with Crippen molar-refractivity contribution < 1.29 is 9.13 Å². The zero-order valence-corrected chi connectivity index (χ0v) is 21.3. The van der Waals surface area contributed by atoms with Gasteiger partial charge in [-0.1, -0.05) is 84.0 Å². The van der Waals surface area contributed by atoms with Gasteiger partial charge in [0.05, 0.1) is 6.61 Å². The lowest BCUT2D eigenvalue weighted by Gasteiger charge is -2.10. The Bertz CT molecular complexity index is 771. The number of rotatable bonds is 17. The van der Waals surface area contributed by atoms with Crippen LogP contribution in [0.5, 0.6) is 5.75 Å². The van der Waals surface area contributed by atoms with Crippen molar-refractivity contribution in [2.75, 3.05) is 6.61 Å². The summed E-state index contributed by atoms with van der Waals surface area (Å²) in [4.78, 5) is 9.14. The minimum absolute atomic E-state index is 0.415. The van der Waals surface area contributed by atoms with Gasteiger partial charge < -0.3 is 4.74 Å². The molecule has 3 rings (SSSR count). The van der Waals surface area contributed by atoms with Crippen LogP contribution in [0.4, 0.5) is 4.39 Å². The molecule has 1 aliphatic carbocycles. The molecule has 188 valence electrons. The van der Waals surface area contributed by atoms with E-state index in [9.17, 15) is 4.39 Å². The van der Waals surface area contributed by atoms with E-state index in [1.165, 1.54) is 69.8 Å². The van der Waals surface area contributed by atoms with Gasteiger partial charge in [-0.25, -0.2) is 14.4 Å². The van der Waals surface area contributed by atoms with E-state index in [0.29, 0.717) is 19.4 Å². The van der Waals surface area contributed by atoms with Crippen LogP contribution in [-0.4, -0.2) is 22.7 Å². The van der Waals surface area contributed by atoms with Gasteiger partial charge in [0.1, 0.15) is 11.9 Å². The second-order valence-corrected chi connectivity index (χ2v) is 10.1. The molecule has 0 N–H and O–H groups in total. The lowest BCUT2D eigenvalue weighted by molar-refractivity contribution is 0.223. The number of aromatic nitrogens is 2. The highest BCUT2D eigenvalue weighted by molar-refractivity contribution is 5.55. The van der Waals surface area contributed by atoms with Gasteiger partial charge in [-0.3, -0.25) is 0 Å². The van der Waals surface area contributed by atoms with Crippen molar-refractivity contribution in [3.05, 3.63) is 42.2 Å². The third-order valence-electron chi connectivity index (χ3n) is 7.19. The molecule has 2 aromatic rings. The zero-order chi connectivity index (χ0) is 23.8. The molecule has 1 aromatic carbocycles. The predicted octanol–water partition coefficient (Wildman–Crippen LogP) is 8.90. The van der Waals surface area contributed by atoms with Crippen LogP contribution in [0.15, 0.2) is 36.7 Å². The van der Waals surface area contributed by atoms with Crippen molar-refractivity contribution in [1.29, 1.82) is 0 Å². The largest absolute Gasteiger partial charge is 0.493 e. The van der Waals surface area contributed by atoms with Crippen molar-refractivity contribution >= 4 is 0 Å². The van der Waals surface area contributed by atoms with Crippen LogP contribution in [0.25, 0.3) is 11.4 Å². The van der Waals surface area contributed by atoms with Gasteiger partial charge >= 0.3 is 0 Å². The number of nitrogens with zero attached hydrogens (tertiary/aromatic N) is 2. The highest BCUT2D eigenvalue weighted by Gasteiger charge is 2.13. The van der Waals surface area contributed by atoms with Crippen molar-refractivity contribution in [3.63, 3.8) is 0 Å².